The van der Waals surface area contributed by atoms with Gasteiger partial charge in [-0.3, -0.25) is 19.2 Å². The summed E-state index contributed by atoms with van der Waals surface area (Å²) >= 11 is 0. The number of hydrogen-bond acceptors (Lipinski definition) is 14. The molecule has 0 heterocycles. The molecule has 0 rings (SSSR count). The molecule has 6 unspecified atom stereocenters. The second kappa shape index (κ2) is 35.7. The molecule has 0 N–H and O–H groups in total. The van der Waals surface area contributed by atoms with Gasteiger partial charge in [0.05, 0.1) is 39.3 Å². The number of carbonyl (C=O) groups is 4. The minimum absolute atomic E-state index is 0. The fourth-order valence-corrected chi connectivity index (χ4v) is 6.91. The molecule has 0 saturated carbocycles. The van der Waals surface area contributed by atoms with Gasteiger partial charge in [0, 0.05) is 0 Å². The van der Waals surface area contributed by atoms with Crippen molar-refractivity contribution in [3.05, 3.63) is 0 Å². The average Bonchev–Trinajstić information content (AvgIpc) is 3.15. The first kappa shape index (κ1) is 60.3. The second-order valence-corrected chi connectivity index (χ2v) is 17.8. The van der Waals surface area contributed by atoms with E-state index in [0.717, 1.165) is 103 Å². The molecule has 0 aromatic heterocycles. The number of ether oxygens (including phenoxy) is 4. The van der Waals surface area contributed by atoms with Gasteiger partial charge in [0.15, 0.2) is 10.5 Å². The second-order valence-electron chi connectivity index (χ2n) is 14.7. The van der Waals surface area contributed by atoms with Crippen LogP contribution < -0.4 is 0 Å². The maximum Gasteiger partial charge on any atom is 2.00 e. The van der Waals surface area contributed by atoms with Gasteiger partial charge in [-0.15, -0.1) is 0 Å². The van der Waals surface area contributed by atoms with E-state index in [-0.39, 0.29) is 87.8 Å². The van der Waals surface area contributed by atoms with E-state index in [9.17, 15) is 45.1 Å². The molecule has 0 aliphatic rings. The molecule has 17 heteroatoms. The van der Waals surface area contributed by atoms with Crippen LogP contribution in [0.15, 0.2) is 0 Å². The third-order valence-corrected chi connectivity index (χ3v) is 12.1. The Morgan fingerprint density at radius 1 is 0.439 bits per heavy atom. The molecule has 0 radical (unpaired) electrons. The minimum atomic E-state index is -5.01. The molecule has 57 heavy (non-hydrogen) atoms. The Kier molecular flexibility index (Phi) is 37.7. The van der Waals surface area contributed by atoms with Gasteiger partial charge in [0.25, 0.3) is 0 Å². The Morgan fingerprint density at radius 2 is 0.667 bits per heavy atom. The zero-order chi connectivity index (χ0) is 43.2. The molecule has 0 aromatic carbocycles. The van der Waals surface area contributed by atoms with Crippen LogP contribution in [0.1, 0.15) is 171 Å². The molecule has 0 aliphatic heterocycles. The van der Waals surface area contributed by atoms with Crippen molar-refractivity contribution in [2.75, 3.05) is 26.4 Å². The summed E-state index contributed by atoms with van der Waals surface area (Å²) in [6.45, 7) is 16.5. The molecule has 0 spiro atoms. The monoisotopic (exact) mass is 882 g/mol. The Morgan fingerprint density at radius 3 is 0.860 bits per heavy atom. The van der Waals surface area contributed by atoms with Crippen LogP contribution in [-0.2, 0) is 58.4 Å². The zero-order valence-electron chi connectivity index (χ0n) is 36.3. The first-order valence-electron chi connectivity index (χ1n) is 20.9. The van der Waals surface area contributed by atoms with Gasteiger partial charge in [-0.1, -0.05) is 132 Å². The van der Waals surface area contributed by atoms with Crippen molar-refractivity contribution in [2.24, 2.45) is 23.7 Å². The van der Waals surface area contributed by atoms with Gasteiger partial charge in [0.1, 0.15) is 20.2 Å². The standard InChI is InChI=1S/2C20H38O7S.Ca/c2*1-5-9-11-16(7-3)14-26-19(21)13-18(28(23,24)25)20(22)27-15-17(8-4)12-10-6-2;/h2*16-18H,5-15H2,1-4H3,(H,23,24,25);/q;;+2/p-2. The molecule has 6 atom stereocenters. The Labute approximate surface area is 374 Å². The summed E-state index contributed by atoms with van der Waals surface area (Å²) in [5, 5.41) is -4.11. The molecule has 0 bridgehead atoms. The van der Waals surface area contributed by atoms with Crippen molar-refractivity contribution < 1.29 is 64.1 Å². The van der Waals surface area contributed by atoms with E-state index in [2.05, 4.69) is 27.7 Å². The van der Waals surface area contributed by atoms with Crippen LogP contribution in [0.5, 0.6) is 0 Å². The van der Waals surface area contributed by atoms with Crippen molar-refractivity contribution in [3.8, 4) is 0 Å². The van der Waals surface area contributed by atoms with Crippen LogP contribution in [0.3, 0.4) is 0 Å². The predicted molar refractivity (Wildman–Crippen MR) is 219 cm³/mol. The van der Waals surface area contributed by atoms with Crippen LogP contribution in [0.2, 0.25) is 0 Å². The average molecular weight is 883 g/mol. The molecule has 0 aromatic rings. The first-order valence-corrected chi connectivity index (χ1v) is 23.9. The van der Waals surface area contributed by atoms with Gasteiger partial charge in [-0.25, -0.2) is 16.8 Å². The van der Waals surface area contributed by atoms with Crippen molar-refractivity contribution in [1.82, 2.24) is 0 Å². The van der Waals surface area contributed by atoms with Gasteiger partial charge in [-0.2, -0.15) is 0 Å². The maximum absolute atomic E-state index is 12.1. The number of hydrogen-bond donors (Lipinski definition) is 0. The van der Waals surface area contributed by atoms with Crippen LogP contribution in [0.4, 0.5) is 0 Å². The van der Waals surface area contributed by atoms with Gasteiger partial charge in [0.2, 0.25) is 0 Å². The van der Waals surface area contributed by atoms with Crippen LogP contribution in [0, 0.1) is 23.7 Å². The summed E-state index contributed by atoms with van der Waals surface area (Å²) < 4.78 is 89.1. The van der Waals surface area contributed by atoms with E-state index in [1.54, 1.807) is 0 Å². The Bertz CT molecular complexity index is 1190. The minimum Gasteiger partial charge on any atom is -0.747 e. The zero-order valence-corrected chi connectivity index (χ0v) is 40.1. The molecule has 14 nitrogen and oxygen atoms in total. The summed E-state index contributed by atoms with van der Waals surface area (Å²) in [7, 11) is -10.0. The maximum atomic E-state index is 12.1. The molecule has 0 fully saturated rings. The number of rotatable bonds is 32. The number of esters is 4. The molecule has 0 saturated heterocycles. The number of unbranched alkanes of at least 4 members (excludes halogenated alkanes) is 4. The molecular formula is C40H74CaO14S2. The summed E-state index contributed by atoms with van der Waals surface area (Å²) in [5.41, 5.74) is 0. The van der Waals surface area contributed by atoms with Gasteiger partial charge < -0.3 is 28.1 Å². The fraction of sp³-hybridized carbons (Fsp3) is 0.900. The molecule has 0 aliphatic carbocycles. The Balaban J connectivity index is -0.00000101. The Hall–Kier alpha value is -1.04. The quantitative estimate of drug-likeness (QED) is 0.0282. The van der Waals surface area contributed by atoms with E-state index in [1.165, 1.54) is 0 Å². The van der Waals surface area contributed by atoms with E-state index < -0.39 is 67.5 Å². The fourth-order valence-electron chi connectivity index (χ4n) is 5.63. The van der Waals surface area contributed by atoms with Crippen molar-refractivity contribution >= 4 is 81.9 Å². The van der Waals surface area contributed by atoms with Crippen LogP contribution >= 0.6 is 0 Å². The smallest absolute Gasteiger partial charge is 0.747 e. The van der Waals surface area contributed by atoms with E-state index >= 15 is 0 Å². The predicted octanol–water partition coefficient (Wildman–Crippen LogP) is 7.24. The van der Waals surface area contributed by atoms with E-state index in [0.29, 0.717) is 0 Å². The normalized spacial score (nSPS) is 14.6. The molecule has 0 amide bonds. The van der Waals surface area contributed by atoms with Crippen LogP contribution in [0.25, 0.3) is 0 Å². The summed E-state index contributed by atoms with van der Waals surface area (Å²) in [4.78, 5) is 48.3. The van der Waals surface area contributed by atoms with Crippen LogP contribution in [-0.4, -0.2) is 124 Å². The molecular weight excluding hydrogens is 809 g/mol. The van der Waals surface area contributed by atoms with Crippen molar-refractivity contribution in [2.45, 2.75) is 181 Å². The SMILES string of the molecule is CCCCC(CC)COC(=O)CC(C(=O)OCC(CC)CCCC)S(=O)(=O)[O-].CCCCC(CC)COC(=O)CC(C(=O)OCC(CC)CCCC)S(=O)(=O)[O-].[Ca+2]. The van der Waals surface area contributed by atoms with E-state index in [4.69, 9.17) is 18.9 Å². The summed E-state index contributed by atoms with van der Waals surface area (Å²) in [6, 6.07) is 0. The first-order chi connectivity index (χ1) is 26.4. The topological polar surface area (TPSA) is 220 Å². The molecule has 332 valence electrons. The largest absolute Gasteiger partial charge is 2.00 e. The summed E-state index contributed by atoms with van der Waals surface area (Å²) in [5.74, 6) is -3.49. The number of carbonyl (C=O) groups excluding carboxylic acids is 4. The summed E-state index contributed by atoms with van der Waals surface area (Å²) in [6.07, 6.45) is 13.2. The van der Waals surface area contributed by atoms with E-state index in [1.807, 2.05) is 27.7 Å². The van der Waals surface area contributed by atoms with Crippen molar-refractivity contribution in [1.29, 1.82) is 0 Å². The third-order valence-electron chi connectivity index (χ3n) is 9.98. The van der Waals surface area contributed by atoms with Gasteiger partial charge in [-0.05, 0) is 49.4 Å². The third kappa shape index (κ3) is 30.6. The van der Waals surface area contributed by atoms with Gasteiger partial charge >= 0.3 is 61.6 Å². The van der Waals surface area contributed by atoms with Crippen molar-refractivity contribution in [3.63, 3.8) is 0 Å².